The topological polar surface area (TPSA) is 20.2 Å². The molecule has 0 unspecified atom stereocenters. The number of aliphatic hydroxyl groups is 1. The Morgan fingerprint density at radius 2 is 0.810 bits per heavy atom. The van der Waals surface area contributed by atoms with Gasteiger partial charge < -0.3 is 5.11 Å². The molecule has 0 aliphatic rings. The molecule has 0 aromatic rings. The maximum Gasteiger partial charge on any atom is 0.0820 e. The van der Waals surface area contributed by atoms with Gasteiger partial charge in [-0.05, 0) is 6.92 Å². The molecule has 0 atom stereocenters. The van der Waals surface area contributed by atoms with Crippen LogP contribution in [0.25, 0.3) is 0 Å². The Hall–Kier alpha value is -0.460. The van der Waals surface area contributed by atoms with E-state index in [1.165, 1.54) is 64.7 Å². The van der Waals surface area contributed by atoms with E-state index in [4.69, 9.17) is 5.11 Å². The molecule has 1 heteroatoms. The Bertz CT molecular complexity index is 107. The number of aliphatic hydroxyl groups excluding tert-OH is 1. The molecule has 1 N–H and O–H groups in total. The highest BCUT2D eigenvalue weighted by Crippen LogP contribution is 2.05. The van der Waals surface area contributed by atoms with Gasteiger partial charge in [0, 0.05) is 0 Å². The molecule has 0 aliphatic carbocycles. The Morgan fingerprint density at radius 3 is 0.952 bits per heavy atom. The third-order valence-electron chi connectivity index (χ3n) is 2.21. The molecule has 0 saturated carbocycles. The summed E-state index contributed by atoms with van der Waals surface area (Å²) in [6.07, 6.45) is 12.6. The average molecular weight is 305 g/mol. The Balaban J connectivity index is -0.0000000600. The van der Waals surface area contributed by atoms with Crippen LogP contribution in [0.1, 0.15) is 120 Å². The van der Waals surface area contributed by atoms with Gasteiger partial charge in [0.25, 0.3) is 0 Å². The Kier molecular flexibility index (Phi) is 78.0. The van der Waals surface area contributed by atoms with E-state index in [9.17, 15) is 0 Å². The molecule has 0 amide bonds. The smallest absolute Gasteiger partial charge is 0.0820 e. The second kappa shape index (κ2) is 50.4. The zero-order valence-corrected chi connectivity index (χ0v) is 17.0. The first-order valence-corrected chi connectivity index (χ1v) is 9.41. The fourth-order valence-corrected chi connectivity index (χ4v) is 1.03. The van der Waals surface area contributed by atoms with Crippen molar-refractivity contribution in [2.75, 3.05) is 0 Å². The van der Waals surface area contributed by atoms with Gasteiger partial charge in [-0.3, -0.25) is 0 Å². The first-order chi connectivity index (χ1) is 10.1. The van der Waals surface area contributed by atoms with Crippen molar-refractivity contribution in [2.24, 2.45) is 0 Å². The van der Waals surface area contributed by atoms with E-state index in [-0.39, 0.29) is 5.76 Å². The van der Waals surface area contributed by atoms with E-state index in [1.54, 1.807) is 0 Å². The van der Waals surface area contributed by atoms with Crippen LogP contribution in [0.3, 0.4) is 0 Å². The predicted octanol–water partition coefficient (Wildman–Crippen LogP) is 8.69. The van der Waals surface area contributed by atoms with Crippen LogP contribution >= 0.6 is 0 Å². The van der Waals surface area contributed by atoms with Crippen LogP contribution in [-0.2, 0) is 0 Å². The van der Waals surface area contributed by atoms with Gasteiger partial charge in [-0.25, -0.2) is 0 Å². The van der Waals surface area contributed by atoms with Gasteiger partial charge in [-0.2, -0.15) is 0 Å². The van der Waals surface area contributed by atoms with Gasteiger partial charge in [0.15, 0.2) is 0 Å². The number of hydrogen-bond donors (Lipinski definition) is 1. The van der Waals surface area contributed by atoms with Crippen molar-refractivity contribution in [1.82, 2.24) is 0 Å². The molecule has 21 heavy (non-hydrogen) atoms. The van der Waals surface area contributed by atoms with Gasteiger partial charge in [0.2, 0.25) is 0 Å². The summed E-state index contributed by atoms with van der Waals surface area (Å²) in [7, 11) is 0. The third kappa shape index (κ3) is 141. The van der Waals surface area contributed by atoms with Gasteiger partial charge >= 0.3 is 0 Å². The lowest BCUT2D eigenvalue weighted by Crippen LogP contribution is -1.76. The molecule has 1 nitrogen and oxygen atoms in total. The summed E-state index contributed by atoms with van der Waals surface area (Å²) in [5.41, 5.74) is 0. The lowest BCUT2D eigenvalue weighted by molar-refractivity contribution is 0.417. The lowest BCUT2D eigenvalue weighted by atomic mass is 10.1. The zero-order valence-electron chi connectivity index (χ0n) is 17.0. The summed E-state index contributed by atoms with van der Waals surface area (Å²) in [5.74, 6) is 0.167. The second-order valence-corrected chi connectivity index (χ2v) is 4.50. The van der Waals surface area contributed by atoms with Crippen LogP contribution < -0.4 is 0 Å². The molecule has 0 heterocycles. The maximum absolute atomic E-state index is 7.86. The fourth-order valence-electron chi connectivity index (χ4n) is 1.03. The molecule has 134 valence electrons. The van der Waals surface area contributed by atoms with Gasteiger partial charge in [-0.1, -0.05) is 120 Å². The molecular formula is C20H48O. The largest absolute Gasteiger partial charge is 0.513 e. The van der Waals surface area contributed by atoms with E-state index in [0.717, 1.165) is 0 Å². The minimum atomic E-state index is 0.167. The monoisotopic (exact) mass is 304 g/mol. The molecule has 0 radical (unpaired) electrons. The molecule has 0 rings (SSSR count). The van der Waals surface area contributed by atoms with Crippen molar-refractivity contribution in [3.63, 3.8) is 0 Å². The average Bonchev–Trinajstić information content (AvgIpc) is 2.51. The van der Waals surface area contributed by atoms with E-state index < -0.39 is 0 Å². The van der Waals surface area contributed by atoms with Crippen molar-refractivity contribution in [1.29, 1.82) is 0 Å². The SMILES string of the molecule is C=C(C)O.CC.CC.CCCC.CCCCCCCCC. The predicted molar refractivity (Wildman–Crippen MR) is 104 cm³/mol. The molecular weight excluding hydrogens is 256 g/mol. The molecule has 0 bridgehead atoms. The minimum absolute atomic E-state index is 0.167. The fraction of sp³-hybridized carbons (Fsp3) is 0.900. The van der Waals surface area contributed by atoms with Crippen LogP contribution in [0.15, 0.2) is 12.3 Å². The number of rotatable bonds is 7. The van der Waals surface area contributed by atoms with Gasteiger partial charge in [0.05, 0.1) is 5.76 Å². The molecule has 0 spiro atoms. The Morgan fingerprint density at radius 1 is 0.619 bits per heavy atom. The summed E-state index contributed by atoms with van der Waals surface area (Å²) in [5, 5.41) is 7.86. The van der Waals surface area contributed by atoms with Crippen molar-refractivity contribution in [2.45, 2.75) is 120 Å². The minimum Gasteiger partial charge on any atom is -0.513 e. The highest BCUT2D eigenvalue weighted by atomic mass is 16.3. The van der Waals surface area contributed by atoms with Crippen LogP contribution in [0.2, 0.25) is 0 Å². The van der Waals surface area contributed by atoms with Gasteiger partial charge in [0.1, 0.15) is 0 Å². The molecule has 0 aromatic heterocycles. The standard InChI is InChI=1S/C9H20.C4H10.C3H6O.2C2H6/c1-3-5-7-9-8-6-4-2;1-3-4-2;1-3(2)4;2*1-2/h3-9H2,1-2H3;3-4H2,1-2H3;4H,1H2,2H3;2*1-2H3. The normalized spacial score (nSPS) is 7.48. The van der Waals surface area contributed by atoms with Crippen molar-refractivity contribution in [3.05, 3.63) is 12.3 Å². The van der Waals surface area contributed by atoms with Crippen LogP contribution in [-0.4, -0.2) is 5.11 Å². The maximum atomic E-state index is 7.86. The highest BCUT2D eigenvalue weighted by Gasteiger charge is 1.85. The first-order valence-electron chi connectivity index (χ1n) is 9.41. The summed E-state index contributed by atoms with van der Waals surface area (Å²) in [4.78, 5) is 0. The van der Waals surface area contributed by atoms with Crippen molar-refractivity contribution in [3.8, 4) is 0 Å². The van der Waals surface area contributed by atoms with Crippen molar-refractivity contribution >= 4 is 0 Å². The van der Waals surface area contributed by atoms with E-state index in [1.807, 2.05) is 27.7 Å². The van der Waals surface area contributed by atoms with E-state index in [0.29, 0.717) is 0 Å². The van der Waals surface area contributed by atoms with E-state index >= 15 is 0 Å². The molecule has 0 saturated heterocycles. The number of unbranched alkanes of at least 4 members (excludes halogenated alkanes) is 7. The quantitative estimate of drug-likeness (QED) is 0.368. The number of hydrogen-bond acceptors (Lipinski definition) is 1. The summed E-state index contributed by atoms with van der Waals surface area (Å²) in [6.45, 7) is 21.5. The zero-order chi connectivity index (χ0) is 17.9. The van der Waals surface area contributed by atoms with Crippen molar-refractivity contribution < 1.29 is 5.11 Å². The summed E-state index contributed by atoms with van der Waals surface area (Å²) in [6, 6.07) is 0. The Labute approximate surface area is 138 Å². The first kappa shape index (κ1) is 32.5. The second-order valence-electron chi connectivity index (χ2n) is 4.50. The summed E-state index contributed by atoms with van der Waals surface area (Å²) >= 11 is 0. The highest BCUT2D eigenvalue weighted by molar-refractivity contribution is 4.67. The summed E-state index contributed by atoms with van der Waals surface area (Å²) < 4.78 is 0. The molecule has 0 aliphatic heterocycles. The molecule has 0 fully saturated rings. The number of allylic oxidation sites excluding steroid dienone is 1. The lowest BCUT2D eigenvalue weighted by Gasteiger charge is -1.96. The van der Waals surface area contributed by atoms with Gasteiger partial charge in [-0.15, -0.1) is 0 Å². The van der Waals surface area contributed by atoms with E-state index in [2.05, 4.69) is 34.3 Å². The van der Waals surface area contributed by atoms with Crippen LogP contribution in [0, 0.1) is 0 Å². The molecule has 0 aromatic carbocycles. The third-order valence-corrected chi connectivity index (χ3v) is 2.21. The van der Waals surface area contributed by atoms with Crippen LogP contribution in [0.4, 0.5) is 0 Å². The van der Waals surface area contributed by atoms with Crippen LogP contribution in [0.5, 0.6) is 0 Å².